The van der Waals surface area contributed by atoms with E-state index in [4.69, 9.17) is 0 Å². The van der Waals surface area contributed by atoms with Crippen molar-refractivity contribution in [3.05, 3.63) is 12.2 Å². The van der Waals surface area contributed by atoms with E-state index in [1.807, 2.05) is 0 Å². The molecule has 0 amide bonds. The molecule has 1 atom stereocenters. The Labute approximate surface area is 65.3 Å². The lowest BCUT2D eigenvalue weighted by Gasteiger charge is -2.08. The van der Waals surface area contributed by atoms with Crippen molar-refractivity contribution < 1.29 is 0 Å². The van der Waals surface area contributed by atoms with Crippen LogP contribution < -0.4 is 0 Å². The second kappa shape index (κ2) is 5.52. The highest BCUT2D eigenvalue weighted by Crippen LogP contribution is 2.11. The number of hydrogen-bond acceptors (Lipinski definition) is 0. The van der Waals surface area contributed by atoms with E-state index in [1.165, 1.54) is 12.8 Å². The van der Waals surface area contributed by atoms with Gasteiger partial charge in [-0.3, -0.25) is 0 Å². The third kappa shape index (κ3) is 4.60. The summed E-state index contributed by atoms with van der Waals surface area (Å²) in [5.41, 5.74) is 0. The van der Waals surface area contributed by atoms with E-state index in [-0.39, 0.29) is 0 Å². The third-order valence-electron chi connectivity index (χ3n) is 1.95. The van der Waals surface area contributed by atoms with Gasteiger partial charge in [0.25, 0.3) is 0 Å². The molecule has 0 heterocycles. The maximum atomic E-state index is 2.33. The Bertz CT molecular complexity index is 90.2. The maximum Gasteiger partial charge on any atom is -0.0239 e. The van der Waals surface area contributed by atoms with Crippen molar-refractivity contribution in [2.24, 2.45) is 11.8 Å². The van der Waals surface area contributed by atoms with Gasteiger partial charge in [0.05, 0.1) is 0 Å². The summed E-state index contributed by atoms with van der Waals surface area (Å²) >= 11 is 0. The molecule has 0 radical (unpaired) electrons. The molecule has 0 bridgehead atoms. The molecule has 0 aromatic carbocycles. The Kier molecular flexibility index (Phi) is 5.38. The van der Waals surface area contributed by atoms with E-state index in [0.717, 1.165) is 11.8 Å². The summed E-state index contributed by atoms with van der Waals surface area (Å²) in [6, 6.07) is 0. The lowest BCUT2D eigenvalue weighted by Crippen LogP contribution is -1.98. The van der Waals surface area contributed by atoms with Crippen LogP contribution in [0.25, 0.3) is 0 Å². The fourth-order valence-corrected chi connectivity index (χ4v) is 0.700. The molecule has 0 rings (SSSR count). The average molecular weight is 140 g/mol. The van der Waals surface area contributed by atoms with E-state index in [9.17, 15) is 0 Å². The molecule has 0 aromatic heterocycles. The summed E-state index contributed by atoms with van der Waals surface area (Å²) in [5.74, 6) is 1.53. The lowest BCUT2D eigenvalue weighted by atomic mass is 9.97. The van der Waals surface area contributed by atoms with E-state index in [1.54, 1.807) is 0 Å². The first kappa shape index (κ1) is 9.74. The van der Waals surface area contributed by atoms with Gasteiger partial charge in [-0.05, 0) is 18.3 Å². The predicted molar refractivity (Wildman–Crippen MR) is 48.1 cm³/mol. The van der Waals surface area contributed by atoms with Crippen LogP contribution in [-0.2, 0) is 0 Å². The van der Waals surface area contributed by atoms with Crippen molar-refractivity contribution in [1.29, 1.82) is 0 Å². The molecular formula is C10H20. The summed E-state index contributed by atoms with van der Waals surface area (Å²) in [5, 5.41) is 0. The van der Waals surface area contributed by atoms with Crippen molar-refractivity contribution in [2.75, 3.05) is 0 Å². The summed E-state index contributed by atoms with van der Waals surface area (Å²) in [6.45, 7) is 9.02. The molecule has 0 aromatic rings. The maximum absolute atomic E-state index is 2.33. The zero-order chi connectivity index (χ0) is 7.98. The van der Waals surface area contributed by atoms with E-state index < -0.39 is 0 Å². The largest absolute Gasteiger partial charge is 0.0883 e. The average Bonchev–Trinajstić information content (AvgIpc) is 1.88. The molecule has 0 heteroatoms. The minimum absolute atomic E-state index is 0.742. The van der Waals surface area contributed by atoms with Gasteiger partial charge in [-0.25, -0.2) is 0 Å². The van der Waals surface area contributed by atoms with Gasteiger partial charge < -0.3 is 0 Å². The zero-order valence-corrected chi connectivity index (χ0v) is 7.72. The predicted octanol–water partition coefficient (Wildman–Crippen LogP) is 3.63. The molecule has 1 unspecified atom stereocenters. The highest BCUT2D eigenvalue weighted by Gasteiger charge is 2.00. The smallest absolute Gasteiger partial charge is 0.0239 e. The minimum atomic E-state index is 0.742. The van der Waals surface area contributed by atoms with Gasteiger partial charge in [0.1, 0.15) is 0 Å². The topological polar surface area (TPSA) is 0 Å². The van der Waals surface area contributed by atoms with Gasteiger partial charge in [-0.15, -0.1) is 0 Å². The van der Waals surface area contributed by atoms with Crippen molar-refractivity contribution >= 4 is 0 Å². The Morgan fingerprint density at radius 2 is 1.80 bits per heavy atom. The standard InChI is InChI=1S/C10H20/c1-5-6-7-8-10(4)9(2)3/h7-10H,5-6H2,1-4H3/b8-7+. The van der Waals surface area contributed by atoms with Crippen LogP contribution >= 0.6 is 0 Å². The van der Waals surface area contributed by atoms with Gasteiger partial charge in [0.15, 0.2) is 0 Å². The Balaban J connectivity index is 3.45. The number of allylic oxidation sites excluding steroid dienone is 2. The first-order chi connectivity index (χ1) is 4.68. The van der Waals surface area contributed by atoms with E-state index >= 15 is 0 Å². The van der Waals surface area contributed by atoms with Crippen LogP contribution in [0.15, 0.2) is 12.2 Å². The van der Waals surface area contributed by atoms with E-state index in [2.05, 4.69) is 39.8 Å². The summed E-state index contributed by atoms with van der Waals surface area (Å²) in [4.78, 5) is 0. The molecule has 0 N–H and O–H groups in total. The molecule has 10 heavy (non-hydrogen) atoms. The number of unbranched alkanes of at least 4 members (excludes halogenated alkanes) is 1. The van der Waals surface area contributed by atoms with Crippen LogP contribution in [-0.4, -0.2) is 0 Å². The van der Waals surface area contributed by atoms with Gasteiger partial charge in [0, 0.05) is 0 Å². The van der Waals surface area contributed by atoms with Crippen LogP contribution in [0.4, 0.5) is 0 Å². The molecule has 0 aliphatic rings. The fourth-order valence-electron chi connectivity index (χ4n) is 0.700. The highest BCUT2D eigenvalue weighted by molar-refractivity contribution is 4.87. The van der Waals surface area contributed by atoms with Crippen LogP contribution in [0, 0.1) is 11.8 Å². The Morgan fingerprint density at radius 1 is 1.20 bits per heavy atom. The van der Waals surface area contributed by atoms with Crippen LogP contribution in [0.5, 0.6) is 0 Å². The van der Waals surface area contributed by atoms with Crippen molar-refractivity contribution in [3.8, 4) is 0 Å². The van der Waals surface area contributed by atoms with E-state index in [0.29, 0.717) is 0 Å². The third-order valence-corrected chi connectivity index (χ3v) is 1.95. The normalized spacial score (nSPS) is 14.9. The van der Waals surface area contributed by atoms with Gasteiger partial charge in [-0.2, -0.15) is 0 Å². The lowest BCUT2D eigenvalue weighted by molar-refractivity contribution is 0.503. The molecule has 0 aliphatic carbocycles. The molecule has 0 saturated heterocycles. The molecule has 0 spiro atoms. The summed E-state index contributed by atoms with van der Waals surface area (Å²) in [7, 11) is 0. The monoisotopic (exact) mass is 140 g/mol. The molecule has 0 aliphatic heterocycles. The Hall–Kier alpha value is -0.260. The molecular weight excluding hydrogens is 120 g/mol. The highest BCUT2D eigenvalue weighted by atomic mass is 14.1. The van der Waals surface area contributed by atoms with Crippen LogP contribution in [0.3, 0.4) is 0 Å². The molecule has 0 nitrogen and oxygen atoms in total. The van der Waals surface area contributed by atoms with Crippen molar-refractivity contribution in [3.63, 3.8) is 0 Å². The van der Waals surface area contributed by atoms with Gasteiger partial charge >= 0.3 is 0 Å². The quantitative estimate of drug-likeness (QED) is 0.523. The van der Waals surface area contributed by atoms with Crippen molar-refractivity contribution in [2.45, 2.75) is 40.5 Å². The molecule has 0 saturated carbocycles. The van der Waals surface area contributed by atoms with Gasteiger partial charge in [-0.1, -0.05) is 46.3 Å². The molecule has 60 valence electrons. The number of hydrogen-bond donors (Lipinski definition) is 0. The minimum Gasteiger partial charge on any atom is -0.0883 e. The van der Waals surface area contributed by atoms with Gasteiger partial charge in [0.2, 0.25) is 0 Å². The van der Waals surface area contributed by atoms with Crippen LogP contribution in [0.2, 0.25) is 0 Å². The summed E-state index contributed by atoms with van der Waals surface area (Å²) < 4.78 is 0. The van der Waals surface area contributed by atoms with Crippen molar-refractivity contribution in [1.82, 2.24) is 0 Å². The second-order valence-corrected chi connectivity index (χ2v) is 3.32. The summed E-state index contributed by atoms with van der Waals surface area (Å²) in [6.07, 6.45) is 7.12. The molecule has 0 fully saturated rings. The number of rotatable bonds is 4. The van der Waals surface area contributed by atoms with Crippen LogP contribution in [0.1, 0.15) is 40.5 Å². The SMILES string of the molecule is CCC/C=C/C(C)C(C)C. The fraction of sp³-hybridized carbons (Fsp3) is 0.800. The first-order valence-corrected chi connectivity index (χ1v) is 4.35. The Morgan fingerprint density at radius 3 is 2.20 bits per heavy atom. The first-order valence-electron chi connectivity index (χ1n) is 4.35. The zero-order valence-electron chi connectivity index (χ0n) is 7.72. The second-order valence-electron chi connectivity index (χ2n) is 3.32.